The minimum Gasteiger partial charge on any atom is -0.480 e. The van der Waals surface area contributed by atoms with Gasteiger partial charge in [0.1, 0.15) is 28.5 Å². The molecule has 5 rings (SSSR count). The third kappa shape index (κ3) is 4.68. The van der Waals surface area contributed by atoms with E-state index in [9.17, 15) is 9.47 Å². The van der Waals surface area contributed by atoms with Crippen LogP contribution in [-0.2, 0) is 11.0 Å². The maximum absolute atomic E-state index is 13.0. The first kappa shape index (κ1) is 26.6. The van der Waals surface area contributed by atoms with Gasteiger partial charge < -0.3 is 9.64 Å². The zero-order chi connectivity index (χ0) is 27.2. The Morgan fingerprint density at radius 3 is 2.45 bits per heavy atom. The third-order valence-corrected chi connectivity index (χ3v) is 9.05. The van der Waals surface area contributed by atoms with E-state index < -0.39 is 21.3 Å². The highest BCUT2D eigenvalue weighted by molar-refractivity contribution is 7.85. The monoisotopic (exact) mass is 567 g/mol. The summed E-state index contributed by atoms with van der Waals surface area (Å²) in [6.45, 7) is 8.74. The van der Waals surface area contributed by atoms with E-state index in [2.05, 4.69) is 11.1 Å². The first-order valence-electron chi connectivity index (χ1n) is 12.3. The van der Waals surface area contributed by atoms with Gasteiger partial charge in [-0.25, -0.2) is 14.2 Å². The summed E-state index contributed by atoms with van der Waals surface area (Å²) in [6, 6.07) is 15.3. The third-order valence-electron chi connectivity index (χ3n) is 6.84. The molecule has 38 heavy (non-hydrogen) atoms. The van der Waals surface area contributed by atoms with E-state index in [0.29, 0.717) is 58.7 Å². The van der Waals surface area contributed by atoms with E-state index >= 15 is 0 Å². The Morgan fingerprint density at radius 2 is 1.76 bits per heavy atom. The van der Waals surface area contributed by atoms with Crippen molar-refractivity contribution in [2.24, 2.45) is 4.40 Å². The molecule has 0 amide bonds. The summed E-state index contributed by atoms with van der Waals surface area (Å²) in [4.78, 5) is 11.4. The lowest BCUT2D eigenvalue weighted by Gasteiger charge is -2.39. The second-order valence-electron chi connectivity index (χ2n) is 10.4. The quantitative estimate of drug-likeness (QED) is 0.368. The number of anilines is 1. The van der Waals surface area contributed by atoms with Gasteiger partial charge in [0.2, 0.25) is 5.95 Å². The molecular weight excluding hydrogens is 541 g/mol. The number of ether oxygens (including phenoxy) is 1. The number of nitriles is 1. The van der Waals surface area contributed by atoms with Crippen LogP contribution in [0.25, 0.3) is 11.1 Å². The molecule has 2 aliphatic rings. The molecule has 1 spiro atoms. The first-order valence-corrected chi connectivity index (χ1v) is 14.2. The van der Waals surface area contributed by atoms with Crippen LogP contribution >= 0.6 is 23.2 Å². The van der Waals surface area contributed by atoms with Gasteiger partial charge in [-0.3, -0.25) is 0 Å². The molecule has 1 saturated heterocycles. The van der Waals surface area contributed by atoms with Crippen molar-refractivity contribution >= 4 is 45.8 Å². The number of fused-ring (bicyclic) bond motifs is 1. The number of para-hydroxylation sites is 1. The number of hydrogen-bond acceptors (Lipinski definition) is 6. The number of rotatable bonds is 3. The van der Waals surface area contributed by atoms with Crippen LogP contribution < -0.4 is 9.64 Å². The highest BCUT2D eigenvalue weighted by Crippen LogP contribution is 2.43. The van der Waals surface area contributed by atoms with Gasteiger partial charge in [-0.15, -0.1) is 0 Å². The van der Waals surface area contributed by atoms with Crippen LogP contribution in [0.4, 0.5) is 5.95 Å². The standard InChI is InChI=1S/C28H27Cl2N5O2S/c1-17-23(19-9-7-10-20(29)24(19)30)21(16-31)33-26(32-17)35-14-12-28(13-15-35)25(34-38(36)27(2,3)4)18-8-5-6-11-22(18)37-28/h5-11H,12-15H2,1-4H3/b34-25+/t38-/m0/s1. The van der Waals surface area contributed by atoms with Gasteiger partial charge in [-0.2, -0.15) is 9.66 Å². The zero-order valence-electron chi connectivity index (χ0n) is 21.6. The SMILES string of the molecule is Cc1nc(N2CCC3(CC2)Oc2ccccc2/C3=N\[S@@](=O)C(C)(C)C)nc(C#N)c1-c1cccc(Cl)c1Cl. The molecule has 1 aromatic heterocycles. The van der Waals surface area contributed by atoms with Gasteiger partial charge in [-0.05, 0) is 45.9 Å². The number of aromatic nitrogens is 2. The largest absolute Gasteiger partial charge is 0.480 e. The smallest absolute Gasteiger partial charge is 0.226 e. The van der Waals surface area contributed by atoms with E-state index in [1.54, 1.807) is 12.1 Å². The van der Waals surface area contributed by atoms with Crippen molar-refractivity contribution in [3.63, 3.8) is 0 Å². The van der Waals surface area contributed by atoms with Crippen molar-refractivity contribution in [3.05, 3.63) is 69.5 Å². The van der Waals surface area contributed by atoms with Crippen molar-refractivity contribution < 1.29 is 8.95 Å². The predicted molar refractivity (Wildman–Crippen MR) is 153 cm³/mol. The molecular formula is C28H27Cl2N5O2S. The van der Waals surface area contributed by atoms with Crippen LogP contribution in [0.3, 0.4) is 0 Å². The minimum atomic E-state index is -1.43. The lowest BCUT2D eigenvalue weighted by molar-refractivity contribution is 0.124. The van der Waals surface area contributed by atoms with Gasteiger partial charge in [-0.1, -0.05) is 47.5 Å². The Morgan fingerprint density at radius 1 is 1.08 bits per heavy atom. The molecule has 3 heterocycles. The number of nitrogens with zero attached hydrogens (tertiary/aromatic N) is 5. The lowest BCUT2D eigenvalue weighted by atomic mass is 9.85. The molecule has 0 N–H and O–H groups in total. The van der Waals surface area contributed by atoms with Crippen LogP contribution in [0, 0.1) is 18.3 Å². The van der Waals surface area contributed by atoms with Crippen LogP contribution in [0.15, 0.2) is 46.9 Å². The molecule has 1 atom stereocenters. The highest BCUT2D eigenvalue weighted by Gasteiger charge is 2.48. The number of hydrogen-bond donors (Lipinski definition) is 0. The Labute approximate surface area is 235 Å². The van der Waals surface area contributed by atoms with E-state index in [1.807, 2.05) is 62.9 Å². The number of benzene rings is 2. The number of piperidine rings is 1. The molecule has 7 nitrogen and oxygen atoms in total. The fraction of sp³-hybridized carbons (Fsp3) is 0.357. The average molecular weight is 569 g/mol. The van der Waals surface area contributed by atoms with Gasteiger partial charge in [0.15, 0.2) is 11.3 Å². The molecule has 3 aromatic rings. The predicted octanol–water partition coefficient (Wildman–Crippen LogP) is 6.31. The molecule has 2 aliphatic heterocycles. The number of halogens is 2. The van der Waals surface area contributed by atoms with Crippen molar-refractivity contribution in [3.8, 4) is 22.9 Å². The second kappa shape index (κ2) is 9.96. The molecule has 0 bridgehead atoms. The fourth-order valence-electron chi connectivity index (χ4n) is 4.81. The van der Waals surface area contributed by atoms with Gasteiger partial charge in [0.05, 0.1) is 20.5 Å². The summed E-state index contributed by atoms with van der Waals surface area (Å²) < 4.78 is 23.8. The van der Waals surface area contributed by atoms with Crippen LogP contribution in [0.2, 0.25) is 10.0 Å². The Bertz CT molecular complexity index is 1520. The van der Waals surface area contributed by atoms with Crippen LogP contribution in [-0.4, -0.2) is 43.3 Å². The topological polar surface area (TPSA) is 91.5 Å². The van der Waals surface area contributed by atoms with Gasteiger partial charge in [0, 0.05) is 42.6 Å². The van der Waals surface area contributed by atoms with Crippen molar-refractivity contribution in [1.29, 1.82) is 5.26 Å². The van der Waals surface area contributed by atoms with Crippen molar-refractivity contribution in [2.45, 2.75) is 50.9 Å². The van der Waals surface area contributed by atoms with E-state index in [-0.39, 0.29) is 5.69 Å². The van der Waals surface area contributed by atoms with Crippen LogP contribution in [0.5, 0.6) is 5.75 Å². The molecule has 0 radical (unpaired) electrons. The summed E-state index contributed by atoms with van der Waals surface area (Å²) in [5.41, 5.74) is 3.03. The van der Waals surface area contributed by atoms with E-state index in [0.717, 1.165) is 17.0 Å². The minimum absolute atomic E-state index is 0.240. The fourth-order valence-corrected chi connectivity index (χ4v) is 5.91. The Kier molecular flexibility index (Phi) is 6.97. The summed E-state index contributed by atoms with van der Waals surface area (Å²) in [5, 5.41) is 10.7. The second-order valence-corrected chi connectivity index (χ2v) is 13.1. The van der Waals surface area contributed by atoms with Crippen molar-refractivity contribution in [2.75, 3.05) is 18.0 Å². The molecule has 1 fully saturated rings. The lowest BCUT2D eigenvalue weighted by Crippen LogP contribution is -2.51. The average Bonchev–Trinajstić information content (AvgIpc) is 3.17. The van der Waals surface area contributed by atoms with Gasteiger partial charge >= 0.3 is 0 Å². The Balaban J connectivity index is 1.46. The maximum Gasteiger partial charge on any atom is 0.226 e. The van der Waals surface area contributed by atoms with E-state index in [1.165, 1.54) is 0 Å². The maximum atomic E-state index is 13.0. The zero-order valence-corrected chi connectivity index (χ0v) is 23.9. The summed E-state index contributed by atoms with van der Waals surface area (Å²) in [6.07, 6.45) is 1.21. The Hall–Kier alpha value is -2.99. The molecule has 0 unspecified atom stereocenters. The molecule has 0 aliphatic carbocycles. The molecule has 196 valence electrons. The number of aryl methyl sites for hydroxylation is 1. The van der Waals surface area contributed by atoms with E-state index in [4.69, 9.17) is 37.3 Å². The summed E-state index contributed by atoms with van der Waals surface area (Å²) in [7, 11) is -1.43. The normalized spacial score (nSPS) is 18.2. The van der Waals surface area contributed by atoms with Crippen molar-refractivity contribution in [1.82, 2.24) is 9.97 Å². The molecule has 2 aromatic carbocycles. The van der Waals surface area contributed by atoms with Gasteiger partial charge in [0.25, 0.3) is 0 Å². The highest BCUT2D eigenvalue weighted by atomic mass is 35.5. The first-order chi connectivity index (χ1) is 18.0. The van der Waals surface area contributed by atoms with Crippen LogP contribution in [0.1, 0.15) is 50.6 Å². The summed E-state index contributed by atoms with van der Waals surface area (Å²) in [5.74, 6) is 1.23. The molecule has 0 saturated carbocycles. The molecule has 10 heteroatoms. The summed E-state index contributed by atoms with van der Waals surface area (Å²) >= 11 is 12.7.